The molecule has 3 aromatic heterocycles. The summed E-state index contributed by atoms with van der Waals surface area (Å²) in [5.74, 6) is 1.93. The van der Waals surface area contributed by atoms with Gasteiger partial charge in [0.25, 0.3) is 0 Å². The quantitative estimate of drug-likeness (QED) is 0.248. The fourth-order valence-corrected chi connectivity index (χ4v) is 5.93. The molecule has 8 aromatic rings. The number of H-pyrrole nitrogens is 2. The highest BCUT2D eigenvalue weighted by atomic mass is 14.9. The largest absolute Gasteiger partial charge is 0.342 e. The van der Waals surface area contributed by atoms with E-state index in [0.717, 1.165) is 45.5 Å². The van der Waals surface area contributed by atoms with Crippen LogP contribution in [0.15, 0.2) is 79.1 Å². The van der Waals surface area contributed by atoms with E-state index in [9.17, 15) is 0 Å². The number of hydrogen-bond acceptors (Lipinski definition) is 3. The van der Waals surface area contributed by atoms with E-state index in [0.29, 0.717) is 0 Å². The molecule has 0 bridgehead atoms. The lowest BCUT2D eigenvalue weighted by atomic mass is 9.93. The number of nitrogens with one attached hydrogen (secondary N) is 2. The molecule has 0 saturated heterocycles. The van der Waals surface area contributed by atoms with E-state index in [1.165, 1.54) is 48.8 Å². The van der Waals surface area contributed by atoms with Crippen molar-refractivity contribution in [3.63, 3.8) is 0 Å². The Hall–Kier alpha value is -4.77. The van der Waals surface area contributed by atoms with E-state index in [1.54, 1.807) is 0 Å². The second-order valence-corrected chi connectivity index (χ2v) is 9.79. The van der Waals surface area contributed by atoms with Gasteiger partial charge in [-0.15, -0.1) is 0 Å². The SMILES string of the molecule is CCc1nc2c3cnccc3c3cc(-c4ccc5c(c4)c4ccccc4c4nc(C)[nH]c54)ccc3c2[nH]1. The van der Waals surface area contributed by atoms with Crippen LogP contribution in [0.4, 0.5) is 0 Å². The third-order valence-corrected chi connectivity index (χ3v) is 7.66. The van der Waals surface area contributed by atoms with Gasteiger partial charge in [-0.05, 0) is 57.8 Å². The summed E-state index contributed by atoms with van der Waals surface area (Å²) in [6.45, 7) is 4.14. The van der Waals surface area contributed by atoms with E-state index >= 15 is 0 Å². The molecule has 5 aromatic carbocycles. The van der Waals surface area contributed by atoms with Crippen LogP contribution in [0, 0.1) is 6.92 Å². The fourth-order valence-electron chi connectivity index (χ4n) is 5.93. The van der Waals surface area contributed by atoms with Gasteiger partial charge in [-0.3, -0.25) is 4.98 Å². The van der Waals surface area contributed by atoms with Crippen molar-refractivity contribution in [2.75, 3.05) is 0 Å². The average Bonchev–Trinajstić information content (AvgIpc) is 3.57. The first-order valence-corrected chi connectivity index (χ1v) is 12.7. The second kappa shape index (κ2) is 7.37. The van der Waals surface area contributed by atoms with Crippen LogP contribution in [0.2, 0.25) is 0 Å². The molecule has 0 saturated carbocycles. The monoisotopic (exact) mass is 477 g/mol. The predicted octanol–water partition coefficient (Wildman–Crippen LogP) is 7.98. The molecule has 3 heterocycles. The second-order valence-electron chi connectivity index (χ2n) is 9.79. The Kier molecular flexibility index (Phi) is 4.07. The van der Waals surface area contributed by atoms with E-state index < -0.39 is 0 Å². The number of benzene rings is 5. The number of fused-ring (bicyclic) bond motifs is 12. The Morgan fingerprint density at radius 3 is 2.00 bits per heavy atom. The third kappa shape index (κ3) is 2.82. The Morgan fingerprint density at radius 2 is 1.27 bits per heavy atom. The first-order valence-electron chi connectivity index (χ1n) is 12.7. The van der Waals surface area contributed by atoms with Crippen molar-refractivity contribution in [1.82, 2.24) is 24.9 Å². The molecule has 8 rings (SSSR count). The highest BCUT2D eigenvalue weighted by molar-refractivity contribution is 6.25. The summed E-state index contributed by atoms with van der Waals surface area (Å²) >= 11 is 0. The molecule has 0 aliphatic rings. The van der Waals surface area contributed by atoms with Crippen LogP contribution < -0.4 is 0 Å². The number of hydrogen-bond donors (Lipinski definition) is 2. The Balaban J connectivity index is 1.43. The average molecular weight is 478 g/mol. The Bertz CT molecular complexity index is 2200. The van der Waals surface area contributed by atoms with E-state index in [4.69, 9.17) is 9.97 Å². The van der Waals surface area contributed by atoms with Crippen LogP contribution >= 0.6 is 0 Å². The maximum Gasteiger partial charge on any atom is 0.106 e. The minimum Gasteiger partial charge on any atom is -0.342 e. The van der Waals surface area contributed by atoms with Crippen LogP contribution in [0.1, 0.15) is 18.6 Å². The van der Waals surface area contributed by atoms with Crippen molar-refractivity contribution in [3.05, 3.63) is 90.8 Å². The van der Waals surface area contributed by atoms with Gasteiger partial charge in [-0.1, -0.05) is 55.5 Å². The lowest BCUT2D eigenvalue weighted by Gasteiger charge is -2.11. The molecule has 0 aliphatic heterocycles. The van der Waals surface area contributed by atoms with Crippen molar-refractivity contribution < 1.29 is 0 Å². The van der Waals surface area contributed by atoms with Crippen molar-refractivity contribution in [2.45, 2.75) is 20.3 Å². The lowest BCUT2D eigenvalue weighted by molar-refractivity contribution is 1.00. The zero-order chi connectivity index (χ0) is 24.7. The summed E-state index contributed by atoms with van der Waals surface area (Å²) in [7, 11) is 0. The highest BCUT2D eigenvalue weighted by Gasteiger charge is 2.15. The minimum absolute atomic E-state index is 0.865. The molecular weight excluding hydrogens is 454 g/mol. The van der Waals surface area contributed by atoms with E-state index in [1.807, 2.05) is 19.3 Å². The Labute approximate surface area is 212 Å². The van der Waals surface area contributed by atoms with Crippen molar-refractivity contribution in [3.8, 4) is 11.1 Å². The number of aromatic amines is 2. The molecule has 37 heavy (non-hydrogen) atoms. The lowest BCUT2D eigenvalue weighted by Crippen LogP contribution is -1.87. The summed E-state index contributed by atoms with van der Waals surface area (Å²) < 4.78 is 0. The molecule has 0 aliphatic carbocycles. The smallest absolute Gasteiger partial charge is 0.106 e. The van der Waals surface area contributed by atoms with Gasteiger partial charge in [0.2, 0.25) is 0 Å². The minimum atomic E-state index is 0.865. The fraction of sp³-hybridized carbons (Fsp3) is 0.0938. The molecule has 5 heteroatoms. The summed E-state index contributed by atoms with van der Waals surface area (Å²) in [6, 6.07) is 24.2. The molecule has 176 valence electrons. The Morgan fingerprint density at radius 1 is 0.622 bits per heavy atom. The van der Waals surface area contributed by atoms with Gasteiger partial charge in [0.1, 0.15) is 11.6 Å². The van der Waals surface area contributed by atoms with Gasteiger partial charge < -0.3 is 9.97 Å². The van der Waals surface area contributed by atoms with E-state index in [2.05, 4.69) is 88.6 Å². The van der Waals surface area contributed by atoms with Gasteiger partial charge >= 0.3 is 0 Å². The van der Waals surface area contributed by atoms with Gasteiger partial charge in [-0.2, -0.15) is 0 Å². The topological polar surface area (TPSA) is 70.2 Å². The third-order valence-electron chi connectivity index (χ3n) is 7.66. The molecule has 0 atom stereocenters. The summed E-state index contributed by atoms with van der Waals surface area (Å²) in [5.41, 5.74) is 6.59. The highest BCUT2D eigenvalue weighted by Crippen LogP contribution is 2.39. The first kappa shape index (κ1) is 20.4. The number of aromatic nitrogens is 5. The van der Waals surface area contributed by atoms with Gasteiger partial charge in [0.15, 0.2) is 0 Å². The molecule has 0 spiro atoms. The van der Waals surface area contributed by atoms with E-state index in [-0.39, 0.29) is 0 Å². The van der Waals surface area contributed by atoms with Crippen molar-refractivity contribution in [2.24, 2.45) is 0 Å². The van der Waals surface area contributed by atoms with Crippen molar-refractivity contribution in [1.29, 1.82) is 0 Å². The van der Waals surface area contributed by atoms with Crippen LogP contribution in [0.3, 0.4) is 0 Å². The van der Waals surface area contributed by atoms with Crippen LogP contribution in [0.5, 0.6) is 0 Å². The van der Waals surface area contributed by atoms with Gasteiger partial charge in [0, 0.05) is 40.4 Å². The predicted molar refractivity (Wildman–Crippen MR) is 153 cm³/mol. The summed E-state index contributed by atoms with van der Waals surface area (Å²) in [4.78, 5) is 21.1. The molecule has 0 fully saturated rings. The maximum absolute atomic E-state index is 4.88. The first-order chi connectivity index (χ1) is 18.2. The van der Waals surface area contributed by atoms with Gasteiger partial charge in [0.05, 0.1) is 22.1 Å². The zero-order valence-corrected chi connectivity index (χ0v) is 20.6. The summed E-state index contributed by atoms with van der Waals surface area (Å²) in [5, 5.41) is 9.48. The van der Waals surface area contributed by atoms with Gasteiger partial charge in [-0.25, -0.2) is 9.97 Å². The molecule has 0 amide bonds. The standard InChI is InChI=1S/C32H23N5/c1-3-28-36-31-24-11-9-19(15-26(24)21-12-13-33-16-27(21)32(31)37-28)18-8-10-23-25(14-18)20-6-4-5-7-22(20)29-30(23)35-17(2)34-29/h4-16H,3H2,1-2H3,(H,34,35)(H,36,37). The molecular formula is C32H23N5. The molecule has 2 N–H and O–H groups in total. The van der Waals surface area contributed by atoms with Crippen LogP contribution in [-0.2, 0) is 6.42 Å². The molecule has 5 nitrogen and oxygen atoms in total. The zero-order valence-electron chi connectivity index (χ0n) is 20.6. The molecule has 0 unspecified atom stereocenters. The van der Waals surface area contributed by atoms with Crippen LogP contribution in [0.25, 0.3) is 76.3 Å². The number of pyridine rings is 1. The number of rotatable bonds is 2. The summed E-state index contributed by atoms with van der Waals surface area (Å²) in [6.07, 6.45) is 4.67. The molecule has 0 radical (unpaired) electrons. The number of aryl methyl sites for hydroxylation is 2. The normalized spacial score (nSPS) is 12.2. The maximum atomic E-state index is 4.88. The number of nitrogens with zero attached hydrogens (tertiary/aromatic N) is 3. The number of imidazole rings is 2. The van der Waals surface area contributed by atoms with Crippen molar-refractivity contribution >= 4 is 65.2 Å². The van der Waals surface area contributed by atoms with Crippen LogP contribution in [-0.4, -0.2) is 24.9 Å².